The zero-order chi connectivity index (χ0) is 19.4. The molecule has 1 saturated heterocycles. The highest BCUT2D eigenvalue weighted by atomic mass is 16.5. The number of aromatic nitrogens is 1. The number of carbonyl (C=O) groups is 1. The molecule has 0 saturated carbocycles. The monoisotopic (exact) mass is 379 g/mol. The van der Waals surface area contributed by atoms with Crippen LogP contribution in [0.1, 0.15) is 23.2 Å². The SMILES string of the molecule is COCCN=C1Nc2ccccc2N[C@]12CCCN(C(=O)c1ccncc1)C2. The Bertz CT molecular complexity index is 870. The van der Waals surface area contributed by atoms with Crippen LogP contribution in [0.15, 0.2) is 53.8 Å². The lowest BCUT2D eigenvalue weighted by Crippen LogP contribution is -2.62. The summed E-state index contributed by atoms with van der Waals surface area (Å²) >= 11 is 0. The first kappa shape index (κ1) is 18.4. The third kappa shape index (κ3) is 3.57. The van der Waals surface area contributed by atoms with Gasteiger partial charge in [-0.25, -0.2) is 0 Å². The highest BCUT2D eigenvalue weighted by Gasteiger charge is 2.44. The second kappa shape index (κ2) is 7.98. The number of methoxy groups -OCH3 is 1. The number of aliphatic imine (C=N–C) groups is 1. The number of anilines is 2. The van der Waals surface area contributed by atoms with E-state index in [9.17, 15) is 4.79 Å². The van der Waals surface area contributed by atoms with Crippen LogP contribution in [0.5, 0.6) is 0 Å². The molecule has 1 aromatic heterocycles. The molecule has 2 aliphatic rings. The summed E-state index contributed by atoms with van der Waals surface area (Å²) < 4.78 is 5.17. The third-order valence-electron chi connectivity index (χ3n) is 5.28. The van der Waals surface area contributed by atoms with Crippen molar-refractivity contribution in [2.75, 3.05) is 44.0 Å². The van der Waals surface area contributed by atoms with Gasteiger partial charge in [-0.2, -0.15) is 0 Å². The number of nitrogens with zero attached hydrogens (tertiary/aromatic N) is 3. The number of hydrogen-bond donors (Lipinski definition) is 2. The van der Waals surface area contributed by atoms with Crippen molar-refractivity contribution in [2.45, 2.75) is 18.4 Å². The fraction of sp³-hybridized carbons (Fsp3) is 0.381. The van der Waals surface area contributed by atoms with Crippen molar-refractivity contribution in [3.05, 3.63) is 54.4 Å². The number of rotatable bonds is 4. The van der Waals surface area contributed by atoms with Crippen LogP contribution >= 0.6 is 0 Å². The molecule has 1 fully saturated rings. The Kier molecular flexibility index (Phi) is 5.25. The number of hydrogen-bond acceptors (Lipinski definition) is 5. The lowest BCUT2D eigenvalue weighted by Gasteiger charge is -2.47. The van der Waals surface area contributed by atoms with Gasteiger partial charge < -0.3 is 20.3 Å². The Hall–Kier alpha value is -2.93. The summed E-state index contributed by atoms with van der Waals surface area (Å²) in [7, 11) is 1.67. The van der Waals surface area contributed by atoms with E-state index in [0.29, 0.717) is 25.3 Å². The minimum absolute atomic E-state index is 0.0263. The second-order valence-corrected chi connectivity index (χ2v) is 7.17. The number of fused-ring (bicyclic) bond motifs is 1. The van der Waals surface area contributed by atoms with Crippen LogP contribution in [-0.2, 0) is 4.74 Å². The van der Waals surface area contributed by atoms with Crippen molar-refractivity contribution in [1.29, 1.82) is 0 Å². The van der Waals surface area contributed by atoms with Gasteiger partial charge in [-0.15, -0.1) is 0 Å². The largest absolute Gasteiger partial charge is 0.383 e. The normalized spacial score (nSPS) is 22.5. The molecule has 0 radical (unpaired) electrons. The van der Waals surface area contributed by atoms with E-state index in [1.54, 1.807) is 31.6 Å². The van der Waals surface area contributed by atoms with E-state index >= 15 is 0 Å². The smallest absolute Gasteiger partial charge is 0.254 e. The van der Waals surface area contributed by atoms with E-state index in [4.69, 9.17) is 9.73 Å². The average molecular weight is 379 g/mol. The Morgan fingerprint density at radius 3 is 2.82 bits per heavy atom. The molecule has 1 amide bonds. The number of pyridine rings is 1. The van der Waals surface area contributed by atoms with E-state index < -0.39 is 5.54 Å². The fourth-order valence-electron chi connectivity index (χ4n) is 3.91. The number of carbonyl (C=O) groups excluding carboxylic acids is 1. The van der Waals surface area contributed by atoms with Crippen LogP contribution in [-0.4, -0.2) is 60.5 Å². The molecule has 0 unspecified atom stereocenters. The summed E-state index contributed by atoms with van der Waals surface area (Å²) in [5.41, 5.74) is 2.27. The summed E-state index contributed by atoms with van der Waals surface area (Å²) in [5, 5.41) is 7.18. The number of likely N-dealkylation sites (tertiary alicyclic amines) is 1. The number of piperidine rings is 1. The minimum atomic E-state index is -0.428. The van der Waals surface area contributed by atoms with Crippen molar-refractivity contribution in [2.24, 2.45) is 4.99 Å². The standard InChI is InChI=1S/C21H25N5O2/c1-28-14-12-23-20-21(25-18-6-3-2-5-17(18)24-20)9-4-13-26(15-21)19(27)16-7-10-22-11-8-16/h2-3,5-8,10-11,25H,4,9,12-15H2,1H3,(H,23,24)/t21-/m0/s1. The predicted octanol–water partition coefficient (Wildman–Crippen LogP) is 2.64. The summed E-state index contributed by atoms with van der Waals surface area (Å²) in [6, 6.07) is 11.6. The Morgan fingerprint density at radius 1 is 1.25 bits per heavy atom. The highest BCUT2D eigenvalue weighted by molar-refractivity contribution is 6.10. The molecule has 1 spiro atoms. The number of benzene rings is 1. The van der Waals surface area contributed by atoms with Gasteiger partial charge in [-0.1, -0.05) is 12.1 Å². The molecule has 4 rings (SSSR count). The third-order valence-corrected chi connectivity index (χ3v) is 5.28. The maximum absolute atomic E-state index is 13.0. The molecule has 7 nitrogen and oxygen atoms in total. The Labute approximate surface area is 164 Å². The van der Waals surface area contributed by atoms with Gasteiger partial charge in [-0.3, -0.25) is 14.8 Å². The number of nitrogens with one attached hydrogen (secondary N) is 2. The molecule has 2 aliphatic heterocycles. The Balaban J connectivity index is 1.64. The molecule has 1 aromatic carbocycles. The quantitative estimate of drug-likeness (QED) is 0.799. The lowest BCUT2D eigenvalue weighted by atomic mass is 9.85. The molecule has 0 bridgehead atoms. The molecule has 28 heavy (non-hydrogen) atoms. The zero-order valence-corrected chi connectivity index (χ0v) is 16.0. The number of ether oxygens (including phenoxy) is 1. The Morgan fingerprint density at radius 2 is 2.04 bits per heavy atom. The van der Waals surface area contributed by atoms with Crippen LogP contribution in [0.4, 0.5) is 11.4 Å². The fourth-order valence-corrected chi connectivity index (χ4v) is 3.91. The first-order valence-electron chi connectivity index (χ1n) is 9.59. The van der Waals surface area contributed by atoms with E-state index in [1.807, 2.05) is 23.1 Å². The van der Waals surface area contributed by atoms with Gasteiger partial charge >= 0.3 is 0 Å². The van der Waals surface area contributed by atoms with Crippen LogP contribution in [0.3, 0.4) is 0 Å². The van der Waals surface area contributed by atoms with Gasteiger partial charge in [0.2, 0.25) is 0 Å². The predicted molar refractivity (Wildman–Crippen MR) is 110 cm³/mol. The maximum Gasteiger partial charge on any atom is 0.254 e. The topological polar surface area (TPSA) is 78.9 Å². The number of amides is 1. The molecule has 2 N–H and O–H groups in total. The van der Waals surface area contributed by atoms with Gasteiger partial charge in [0.05, 0.1) is 31.1 Å². The van der Waals surface area contributed by atoms with Crippen LogP contribution in [0, 0.1) is 0 Å². The molecular formula is C21H25N5O2. The average Bonchev–Trinajstić information content (AvgIpc) is 2.74. The van der Waals surface area contributed by atoms with Crippen molar-refractivity contribution >= 4 is 23.1 Å². The molecule has 7 heteroatoms. The van der Waals surface area contributed by atoms with E-state index in [-0.39, 0.29) is 5.91 Å². The first-order valence-corrected chi connectivity index (χ1v) is 9.59. The molecule has 1 atom stereocenters. The first-order chi connectivity index (χ1) is 13.7. The highest BCUT2D eigenvalue weighted by Crippen LogP contribution is 2.36. The van der Waals surface area contributed by atoms with Gasteiger partial charge in [0.1, 0.15) is 11.4 Å². The molecule has 146 valence electrons. The van der Waals surface area contributed by atoms with E-state index in [0.717, 1.165) is 36.6 Å². The van der Waals surface area contributed by atoms with Gasteiger partial charge in [0, 0.05) is 31.6 Å². The summed E-state index contributed by atoms with van der Waals surface area (Å²) in [4.78, 5) is 23.7. The second-order valence-electron chi connectivity index (χ2n) is 7.17. The summed E-state index contributed by atoms with van der Waals surface area (Å²) in [6.07, 6.45) is 5.11. The zero-order valence-electron chi connectivity index (χ0n) is 16.0. The number of para-hydroxylation sites is 2. The summed E-state index contributed by atoms with van der Waals surface area (Å²) in [5.74, 6) is 0.897. The van der Waals surface area contributed by atoms with E-state index in [1.165, 1.54) is 0 Å². The van der Waals surface area contributed by atoms with E-state index in [2.05, 4.69) is 21.7 Å². The molecule has 3 heterocycles. The summed E-state index contributed by atoms with van der Waals surface area (Å²) in [6.45, 7) is 2.42. The molecular weight excluding hydrogens is 354 g/mol. The van der Waals surface area contributed by atoms with Crippen molar-refractivity contribution in [3.63, 3.8) is 0 Å². The maximum atomic E-state index is 13.0. The lowest BCUT2D eigenvalue weighted by molar-refractivity contribution is 0.0694. The molecule has 2 aromatic rings. The van der Waals surface area contributed by atoms with Crippen LogP contribution < -0.4 is 10.6 Å². The van der Waals surface area contributed by atoms with Crippen molar-refractivity contribution in [1.82, 2.24) is 9.88 Å². The minimum Gasteiger partial charge on any atom is -0.383 e. The van der Waals surface area contributed by atoms with Crippen molar-refractivity contribution < 1.29 is 9.53 Å². The van der Waals surface area contributed by atoms with Crippen LogP contribution in [0.25, 0.3) is 0 Å². The molecule has 0 aliphatic carbocycles. The van der Waals surface area contributed by atoms with Gasteiger partial charge in [0.25, 0.3) is 5.91 Å². The van der Waals surface area contributed by atoms with Crippen molar-refractivity contribution in [3.8, 4) is 0 Å². The number of amidine groups is 1. The van der Waals surface area contributed by atoms with Gasteiger partial charge in [0.15, 0.2) is 0 Å². The van der Waals surface area contributed by atoms with Crippen LogP contribution in [0.2, 0.25) is 0 Å². The van der Waals surface area contributed by atoms with Gasteiger partial charge in [-0.05, 0) is 37.1 Å².